The van der Waals surface area contributed by atoms with Gasteiger partial charge in [-0.3, -0.25) is 9.59 Å². The molecule has 0 saturated heterocycles. The summed E-state index contributed by atoms with van der Waals surface area (Å²) in [6.45, 7) is 7.95. The number of nitrogens with one attached hydrogen (secondary N) is 1. The first-order valence-corrected chi connectivity index (χ1v) is 6.63. The van der Waals surface area contributed by atoms with Gasteiger partial charge in [-0.1, -0.05) is 39.8 Å². The highest BCUT2D eigenvalue weighted by atomic mass is 16.2. The Morgan fingerprint density at radius 2 is 1.80 bits per heavy atom. The van der Waals surface area contributed by atoms with E-state index in [4.69, 9.17) is 5.26 Å². The van der Waals surface area contributed by atoms with Crippen molar-refractivity contribution in [1.29, 1.82) is 5.26 Å². The van der Waals surface area contributed by atoms with Gasteiger partial charge in [-0.2, -0.15) is 5.26 Å². The zero-order valence-corrected chi connectivity index (χ0v) is 12.4. The SMILES string of the molecule is CCC(=O)C(C#N)C(=O)Nc1ccc(C(C)(C)C)cc1. The number of rotatable bonds is 4. The Morgan fingerprint density at radius 3 is 2.20 bits per heavy atom. The minimum atomic E-state index is -1.23. The molecule has 1 aromatic carbocycles. The lowest BCUT2D eigenvalue weighted by Gasteiger charge is -2.19. The van der Waals surface area contributed by atoms with Crippen molar-refractivity contribution in [1.82, 2.24) is 0 Å². The Morgan fingerprint density at radius 1 is 1.25 bits per heavy atom. The van der Waals surface area contributed by atoms with E-state index in [1.807, 2.05) is 12.1 Å². The summed E-state index contributed by atoms with van der Waals surface area (Å²) in [6.07, 6.45) is 0.175. The predicted molar refractivity (Wildman–Crippen MR) is 78.2 cm³/mol. The highest BCUT2D eigenvalue weighted by molar-refractivity contribution is 6.09. The highest BCUT2D eigenvalue weighted by Crippen LogP contribution is 2.23. The molecule has 1 unspecified atom stereocenters. The van der Waals surface area contributed by atoms with Crippen molar-refractivity contribution in [3.05, 3.63) is 29.8 Å². The van der Waals surface area contributed by atoms with E-state index >= 15 is 0 Å². The fraction of sp³-hybridized carbons (Fsp3) is 0.438. The van der Waals surface area contributed by atoms with E-state index in [0.29, 0.717) is 5.69 Å². The number of ketones is 1. The van der Waals surface area contributed by atoms with Crippen LogP contribution in [0.25, 0.3) is 0 Å². The summed E-state index contributed by atoms with van der Waals surface area (Å²) in [5.41, 5.74) is 1.78. The maximum atomic E-state index is 11.9. The molecular formula is C16H20N2O2. The van der Waals surface area contributed by atoms with Crippen molar-refractivity contribution in [2.75, 3.05) is 5.32 Å². The molecule has 0 aliphatic heterocycles. The van der Waals surface area contributed by atoms with Crippen molar-refractivity contribution < 1.29 is 9.59 Å². The molecule has 0 heterocycles. The maximum absolute atomic E-state index is 11.9. The molecule has 0 radical (unpaired) electrons. The molecule has 4 nitrogen and oxygen atoms in total. The standard InChI is InChI=1S/C16H20N2O2/c1-5-14(19)13(10-17)15(20)18-12-8-6-11(7-9-12)16(2,3)4/h6-9,13H,5H2,1-4H3,(H,18,20). The molecule has 1 N–H and O–H groups in total. The molecule has 0 spiro atoms. The topological polar surface area (TPSA) is 70.0 Å². The third kappa shape index (κ3) is 3.92. The van der Waals surface area contributed by atoms with Crippen LogP contribution in [-0.4, -0.2) is 11.7 Å². The minimum absolute atomic E-state index is 0.0376. The van der Waals surface area contributed by atoms with E-state index in [1.165, 1.54) is 0 Å². The molecule has 0 saturated carbocycles. The molecule has 1 rings (SSSR count). The largest absolute Gasteiger partial charge is 0.325 e. The Bertz CT molecular complexity index is 533. The molecule has 0 aromatic heterocycles. The summed E-state index contributed by atoms with van der Waals surface area (Å²) >= 11 is 0. The average molecular weight is 272 g/mol. The summed E-state index contributed by atoms with van der Waals surface area (Å²) in [5.74, 6) is -2.17. The first-order valence-electron chi connectivity index (χ1n) is 6.63. The number of carbonyl (C=O) groups is 2. The minimum Gasteiger partial charge on any atom is -0.325 e. The van der Waals surface area contributed by atoms with Crippen LogP contribution in [-0.2, 0) is 15.0 Å². The van der Waals surface area contributed by atoms with E-state index in [0.717, 1.165) is 5.56 Å². The predicted octanol–water partition coefficient (Wildman–Crippen LogP) is 3.04. The Hall–Kier alpha value is -2.15. The summed E-state index contributed by atoms with van der Waals surface area (Å²) in [6, 6.07) is 9.17. The first-order chi connectivity index (χ1) is 9.29. The van der Waals surface area contributed by atoms with Crippen LogP contribution in [0.4, 0.5) is 5.69 Å². The van der Waals surface area contributed by atoms with Gasteiger partial charge >= 0.3 is 0 Å². The summed E-state index contributed by atoms with van der Waals surface area (Å²) in [4.78, 5) is 23.3. The van der Waals surface area contributed by atoms with Crippen molar-refractivity contribution in [3.63, 3.8) is 0 Å². The third-order valence-electron chi connectivity index (χ3n) is 3.08. The fourth-order valence-corrected chi connectivity index (χ4v) is 1.75. The van der Waals surface area contributed by atoms with Crippen LogP contribution in [0.1, 0.15) is 39.7 Å². The number of amides is 1. The van der Waals surface area contributed by atoms with Crippen molar-refractivity contribution in [2.45, 2.75) is 39.5 Å². The van der Waals surface area contributed by atoms with Gasteiger partial charge in [0.2, 0.25) is 5.91 Å². The Labute approximate surface area is 119 Å². The van der Waals surface area contributed by atoms with Crippen LogP contribution >= 0.6 is 0 Å². The Kier molecular flexibility index (Phi) is 5.04. The lowest BCUT2D eigenvalue weighted by Crippen LogP contribution is -2.28. The van der Waals surface area contributed by atoms with E-state index in [1.54, 1.807) is 25.1 Å². The molecule has 0 bridgehead atoms. The van der Waals surface area contributed by atoms with Crippen LogP contribution in [0.2, 0.25) is 0 Å². The van der Waals surface area contributed by atoms with Crippen molar-refractivity contribution in [2.24, 2.45) is 5.92 Å². The second kappa shape index (κ2) is 6.33. The van der Waals surface area contributed by atoms with Crippen LogP contribution in [0.15, 0.2) is 24.3 Å². The fourth-order valence-electron chi connectivity index (χ4n) is 1.75. The van der Waals surface area contributed by atoms with Gasteiger partial charge < -0.3 is 5.32 Å². The number of carbonyl (C=O) groups excluding carboxylic acids is 2. The lowest BCUT2D eigenvalue weighted by atomic mass is 9.87. The molecule has 4 heteroatoms. The molecule has 1 atom stereocenters. The van der Waals surface area contributed by atoms with Gasteiger partial charge in [0.1, 0.15) is 0 Å². The van der Waals surface area contributed by atoms with Crippen molar-refractivity contribution >= 4 is 17.4 Å². The molecular weight excluding hydrogens is 252 g/mol. The molecule has 1 amide bonds. The smallest absolute Gasteiger partial charge is 0.249 e. The summed E-state index contributed by atoms with van der Waals surface area (Å²) in [7, 11) is 0. The van der Waals surface area contributed by atoms with Crippen molar-refractivity contribution in [3.8, 4) is 6.07 Å². The van der Waals surface area contributed by atoms with Gasteiger partial charge in [0.15, 0.2) is 11.7 Å². The number of Topliss-reactive ketones (excluding diaryl/α,β-unsaturated/α-hetero) is 1. The Balaban J connectivity index is 2.82. The number of benzene rings is 1. The van der Waals surface area contributed by atoms with Gasteiger partial charge in [-0.15, -0.1) is 0 Å². The van der Waals surface area contributed by atoms with E-state index in [-0.39, 0.29) is 17.6 Å². The maximum Gasteiger partial charge on any atom is 0.249 e. The zero-order chi connectivity index (χ0) is 15.3. The molecule has 0 aliphatic rings. The number of anilines is 1. The molecule has 0 fully saturated rings. The second-order valence-electron chi connectivity index (χ2n) is 5.70. The number of hydrogen-bond acceptors (Lipinski definition) is 3. The normalized spacial score (nSPS) is 12.3. The van der Waals surface area contributed by atoms with Gasteiger partial charge in [-0.25, -0.2) is 0 Å². The first kappa shape index (κ1) is 15.9. The summed E-state index contributed by atoms with van der Waals surface area (Å²) in [5, 5.41) is 11.5. The zero-order valence-electron chi connectivity index (χ0n) is 12.4. The van der Waals surface area contributed by atoms with Gasteiger partial charge in [0.25, 0.3) is 0 Å². The molecule has 20 heavy (non-hydrogen) atoms. The van der Waals surface area contributed by atoms with Crippen LogP contribution in [0, 0.1) is 17.2 Å². The third-order valence-corrected chi connectivity index (χ3v) is 3.08. The average Bonchev–Trinajstić information content (AvgIpc) is 2.38. The monoisotopic (exact) mass is 272 g/mol. The van der Waals surface area contributed by atoms with Gasteiger partial charge in [-0.05, 0) is 23.1 Å². The molecule has 0 aliphatic carbocycles. The highest BCUT2D eigenvalue weighted by Gasteiger charge is 2.24. The molecule has 106 valence electrons. The van der Waals surface area contributed by atoms with E-state index in [9.17, 15) is 9.59 Å². The summed E-state index contributed by atoms with van der Waals surface area (Å²) < 4.78 is 0. The van der Waals surface area contributed by atoms with Crippen LogP contribution < -0.4 is 5.32 Å². The van der Waals surface area contributed by atoms with E-state index in [2.05, 4.69) is 26.1 Å². The number of hydrogen-bond donors (Lipinski definition) is 1. The van der Waals surface area contributed by atoms with Gasteiger partial charge in [0, 0.05) is 12.1 Å². The molecule has 1 aromatic rings. The van der Waals surface area contributed by atoms with Crippen LogP contribution in [0.3, 0.4) is 0 Å². The van der Waals surface area contributed by atoms with Crippen LogP contribution in [0.5, 0.6) is 0 Å². The quantitative estimate of drug-likeness (QED) is 0.856. The van der Waals surface area contributed by atoms with E-state index < -0.39 is 11.8 Å². The lowest BCUT2D eigenvalue weighted by molar-refractivity contribution is -0.128. The number of nitrogens with zero attached hydrogens (tertiary/aromatic N) is 1. The van der Waals surface area contributed by atoms with Gasteiger partial charge in [0.05, 0.1) is 6.07 Å². The second-order valence-corrected chi connectivity index (χ2v) is 5.70. The number of nitriles is 1.